The van der Waals surface area contributed by atoms with Gasteiger partial charge >= 0.3 is 12.3 Å². The molecule has 7 heteroatoms. The van der Waals surface area contributed by atoms with Gasteiger partial charge in [0.15, 0.2) is 0 Å². The van der Waals surface area contributed by atoms with Gasteiger partial charge < -0.3 is 15.2 Å². The highest BCUT2D eigenvalue weighted by Crippen LogP contribution is 2.44. The van der Waals surface area contributed by atoms with Crippen LogP contribution in [0, 0.1) is 11.8 Å². The summed E-state index contributed by atoms with van der Waals surface area (Å²) in [6.45, 7) is -0.461. The summed E-state index contributed by atoms with van der Waals surface area (Å²) in [6, 6.07) is 19.0. The number of amides is 1. The summed E-state index contributed by atoms with van der Waals surface area (Å²) in [5.41, 5.74) is 3.94. The van der Waals surface area contributed by atoms with Crippen LogP contribution in [0.3, 0.4) is 0 Å². The SMILES string of the molecule is O=C(NCC#Cc1ccc(C(F)(F)F)cc1CO)OCC1c2ccccc2-c2ccccc21. The maximum Gasteiger partial charge on any atom is 0.416 e. The van der Waals surface area contributed by atoms with Crippen LogP contribution in [0.4, 0.5) is 18.0 Å². The second-order valence-corrected chi connectivity index (χ2v) is 7.51. The number of hydrogen-bond donors (Lipinski definition) is 2. The maximum atomic E-state index is 12.8. The van der Waals surface area contributed by atoms with Crippen LogP contribution in [0.25, 0.3) is 11.1 Å². The van der Waals surface area contributed by atoms with E-state index in [1.807, 2.05) is 48.5 Å². The van der Waals surface area contributed by atoms with Gasteiger partial charge in [-0.05, 0) is 46.0 Å². The first-order valence-electron chi connectivity index (χ1n) is 10.3. The number of fused-ring (bicyclic) bond motifs is 3. The molecule has 1 aliphatic carbocycles. The summed E-state index contributed by atoms with van der Waals surface area (Å²) < 4.78 is 43.8. The number of alkyl carbamates (subject to hydrolysis) is 1. The molecule has 0 fully saturated rings. The zero-order valence-electron chi connectivity index (χ0n) is 17.4. The lowest BCUT2D eigenvalue weighted by Crippen LogP contribution is -2.26. The van der Waals surface area contributed by atoms with Crippen molar-refractivity contribution in [3.05, 3.63) is 94.5 Å². The number of aliphatic hydroxyl groups is 1. The Morgan fingerprint density at radius 3 is 2.24 bits per heavy atom. The van der Waals surface area contributed by atoms with Crippen LogP contribution >= 0.6 is 0 Å². The van der Waals surface area contributed by atoms with E-state index < -0.39 is 24.4 Å². The third kappa shape index (κ3) is 4.86. The van der Waals surface area contributed by atoms with E-state index in [0.717, 1.165) is 34.4 Å². The van der Waals surface area contributed by atoms with E-state index in [4.69, 9.17) is 4.74 Å². The van der Waals surface area contributed by atoms with Crippen LogP contribution in [0.2, 0.25) is 0 Å². The fraction of sp³-hybridized carbons (Fsp3) is 0.192. The number of nitrogens with one attached hydrogen (secondary N) is 1. The third-order valence-electron chi connectivity index (χ3n) is 5.49. The van der Waals surface area contributed by atoms with Gasteiger partial charge in [0.1, 0.15) is 6.61 Å². The van der Waals surface area contributed by atoms with E-state index in [1.54, 1.807) is 0 Å². The minimum atomic E-state index is -4.50. The number of halogens is 3. The van der Waals surface area contributed by atoms with Crippen molar-refractivity contribution >= 4 is 6.09 Å². The van der Waals surface area contributed by atoms with Crippen LogP contribution in [0.1, 0.15) is 33.7 Å². The Balaban J connectivity index is 1.35. The van der Waals surface area contributed by atoms with Crippen molar-refractivity contribution in [3.8, 4) is 23.0 Å². The lowest BCUT2D eigenvalue weighted by molar-refractivity contribution is -0.137. The number of carbonyl (C=O) groups excluding carboxylic acids is 1. The van der Waals surface area contributed by atoms with Gasteiger partial charge in [-0.3, -0.25) is 0 Å². The van der Waals surface area contributed by atoms with Gasteiger partial charge in [0.05, 0.1) is 18.7 Å². The maximum absolute atomic E-state index is 12.8. The Morgan fingerprint density at radius 1 is 1.00 bits per heavy atom. The minimum absolute atomic E-state index is 0.0530. The summed E-state index contributed by atoms with van der Waals surface area (Å²) in [7, 11) is 0. The van der Waals surface area contributed by atoms with E-state index in [1.165, 1.54) is 6.07 Å². The fourth-order valence-corrected chi connectivity index (χ4v) is 3.93. The molecule has 0 bridgehead atoms. The van der Waals surface area contributed by atoms with Crippen molar-refractivity contribution in [2.75, 3.05) is 13.2 Å². The average Bonchev–Trinajstić information content (AvgIpc) is 3.13. The van der Waals surface area contributed by atoms with Gasteiger partial charge in [-0.1, -0.05) is 60.4 Å². The first-order chi connectivity index (χ1) is 15.9. The predicted octanol–water partition coefficient (Wildman–Crippen LogP) is 5.09. The lowest BCUT2D eigenvalue weighted by atomic mass is 9.98. The van der Waals surface area contributed by atoms with Crippen LogP contribution in [-0.4, -0.2) is 24.4 Å². The molecular formula is C26H20F3NO3. The predicted molar refractivity (Wildman–Crippen MR) is 117 cm³/mol. The lowest BCUT2D eigenvalue weighted by Gasteiger charge is -2.14. The molecule has 0 spiro atoms. The molecular weight excluding hydrogens is 431 g/mol. The smallest absolute Gasteiger partial charge is 0.416 e. The standard InChI is InChI=1S/C26H20F3NO3/c27-26(28,29)19-12-11-17(18(14-19)15-31)6-5-13-30-25(32)33-16-24-22-9-3-1-7-20(22)21-8-2-4-10-23(21)24/h1-4,7-12,14,24,31H,13,15-16H2,(H,30,32). The molecule has 33 heavy (non-hydrogen) atoms. The molecule has 0 saturated carbocycles. The third-order valence-corrected chi connectivity index (χ3v) is 5.49. The Labute approximate surface area is 189 Å². The molecule has 0 saturated heterocycles. The molecule has 3 aromatic carbocycles. The van der Waals surface area contributed by atoms with Crippen molar-refractivity contribution in [1.29, 1.82) is 0 Å². The van der Waals surface area contributed by atoms with E-state index in [0.29, 0.717) is 0 Å². The summed E-state index contributed by atoms with van der Waals surface area (Å²) in [5, 5.41) is 11.9. The minimum Gasteiger partial charge on any atom is -0.449 e. The molecule has 1 amide bonds. The fourth-order valence-electron chi connectivity index (χ4n) is 3.93. The molecule has 4 rings (SSSR count). The first-order valence-corrected chi connectivity index (χ1v) is 10.3. The van der Waals surface area contributed by atoms with Crippen LogP contribution in [0.5, 0.6) is 0 Å². The van der Waals surface area contributed by atoms with Crippen molar-refractivity contribution in [2.45, 2.75) is 18.7 Å². The summed E-state index contributed by atoms with van der Waals surface area (Å²) >= 11 is 0. The number of rotatable bonds is 4. The molecule has 0 aromatic heterocycles. The number of ether oxygens (including phenoxy) is 1. The molecule has 2 N–H and O–H groups in total. The number of aliphatic hydroxyl groups excluding tert-OH is 1. The number of alkyl halides is 3. The zero-order valence-corrected chi connectivity index (χ0v) is 17.4. The van der Waals surface area contributed by atoms with Gasteiger partial charge in [0.2, 0.25) is 0 Å². The van der Waals surface area contributed by atoms with Gasteiger partial charge in [0, 0.05) is 11.5 Å². The van der Waals surface area contributed by atoms with Gasteiger partial charge in [-0.2, -0.15) is 13.2 Å². The largest absolute Gasteiger partial charge is 0.449 e. The van der Waals surface area contributed by atoms with Crippen molar-refractivity contribution < 1.29 is 27.8 Å². The molecule has 0 heterocycles. The second kappa shape index (κ2) is 9.39. The van der Waals surface area contributed by atoms with Crippen LogP contribution in [-0.2, 0) is 17.5 Å². The summed E-state index contributed by atoms with van der Waals surface area (Å²) in [6.07, 6.45) is -5.14. The van der Waals surface area contributed by atoms with Gasteiger partial charge in [0.25, 0.3) is 0 Å². The van der Waals surface area contributed by atoms with Crippen LogP contribution < -0.4 is 5.32 Å². The van der Waals surface area contributed by atoms with Gasteiger partial charge in [-0.15, -0.1) is 0 Å². The summed E-state index contributed by atoms with van der Waals surface area (Å²) in [5.74, 6) is 5.28. The van der Waals surface area contributed by atoms with Crippen LogP contribution in [0.15, 0.2) is 66.7 Å². The zero-order chi connectivity index (χ0) is 23.4. The molecule has 0 atom stereocenters. The molecule has 0 aliphatic heterocycles. The Morgan fingerprint density at radius 2 is 1.64 bits per heavy atom. The highest BCUT2D eigenvalue weighted by Gasteiger charge is 2.31. The second-order valence-electron chi connectivity index (χ2n) is 7.51. The van der Waals surface area contributed by atoms with E-state index in [-0.39, 0.29) is 30.2 Å². The van der Waals surface area contributed by atoms with Crippen molar-refractivity contribution in [1.82, 2.24) is 5.32 Å². The topological polar surface area (TPSA) is 58.6 Å². The monoisotopic (exact) mass is 451 g/mol. The molecule has 0 unspecified atom stereocenters. The number of hydrogen-bond acceptors (Lipinski definition) is 3. The Bertz CT molecular complexity index is 1200. The summed E-state index contributed by atoms with van der Waals surface area (Å²) in [4.78, 5) is 12.1. The van der Waals surface area contributed by atoms with Crippen molar-refractivity contribution in [2.24, 2.45) is 0 Å². The molecule has 4 nitrogen and oxygen atoms in total. The first kappa shape index (κ1) is 22.4. The van der Waals surface area contributed by atoms with Gasteiger partial charge in [-0.25, -0.2) is 4.79 Å². The average molecular weight is 451 g/mol. The Hall–Kier alpha value is -3.76. The number of benzene rings is 3. The molecule has 0 radical (unpaired) electrons. The van der Waals surface area contributed by atoms with E-state index >= 15 is 0 Å². The highest BCUT2D eigenvalue weighted by molar-refractivity contribution is 5.79. The van der Waals surface area contributed by atoms with Crippen molar-refractivity contribution in [3.63, 3.8) is 0 Å². The highest BCUT2D eigenvalue weighted by atomic mass is 19.4. The normalized spacial score (nSPS) is 12.4. The Kier molecular flexibility index (Phi) is 6.38. The van der Waals surface area contributed by atoms with E-state index in [2.05, 4.69) is 17.2 Å². The van der Waals surface area contributed by atoms with E-state index in [9.17, 15) is 23.1 Å². The quantitative estimate of drug-likeness (QED) is 0.544. The molecule has 1 aliphatic rings. The number of carbonyl (C=O) groups is 1. The molecule has 168 valence electrons. The molecule has 3 aromatic rings.